The van der Waals surface area contributed by atoms with Gasteiger partial charge in [-0.1, -0.05) is 0 Å². The molecular weight excluding hydrogens is 406 g/mol. The monoisotopic (exact) mass is 433 g/mol. The van der Waals surface area contributed by atoms with Crippen molar-refractivity contribution >= 4 is 28.6 Å². The van der Waals surface area contributed by atoms with Gasteiger partial charge in [-0.15, -0.1) is 0 Å². The number of thioether (sulfide) groups is 1. The lowest BCUT2D eigenvalue weighted by Crippen LogP contribution is -2.38. The van der Waals surface area contributed by atoms with E-state index in [-0.39, 0.29) is 5.82 Å². The molecule has 3 aromatic heterocycles. The van der Waals surface area contributed by atoms with Gasteiger partial charge in [-0.25, -0.2) is 9.61 Å². The van der Waals surface area contributed by atoms with Crippen LogP contribution >= 0.6 is 11.8 Å². The first kappa shape index (κ1) is 20.9. The van der Waals surface area contributed by atoms with E-state index in [9.17, 15) is 5.11 Å². The highest BCUT2D eigenvalue weighted by Crippen LogP contribution is 2.36. The number of nitrogens with two attached hydrogens (primary N) is 1. The number of fused-ring (bicyclic) bond motifs is 1. The fourth-order valence-corrected chi connectivity index (χ4v) is 4.62. The smallest absolute Gasteiger partial charge is 0.199 e. The third kappa shape index (κ3) is 3.96. The number of nitrogens with one attached hydrogen (secondary N) is 1. The van der Waals surface area contributed by atoms with Crippen molar-refractivity contribution in [1.29, 1.82) is 0 Å². The summed E-state index contributed by atoms with van der Waals surface area (Å²) in [5, 5.41) is 21.7. The zero-order chi connectivity index (χ0) is 21.3. The molecule has 162 valence electrons. The number of imidazole rings is 1. The molecule has 4 rings (SSSR count). The minimum atomic E-state index is -1.18. The van der Waals surface area contributed by atoms with Gasteiger partial charge in [0.1, 0.15) is 16.6 Å². The topological polar surface area (TPSA) is 137 Å². The van der Waals surface area contributed by atoms with Crippen LogP contribution in [-0.2, 0) is 12.1 Å². The average Bonchev–Trinajstić information content (AvgIpc) is 3.31. The quantitative estimate of drug-likeness (QED) is 0.505. The highest BCUT2D eigenvalue weighted by atomic mass is 32.2. The number of nitrogens with zero attached hydrogens (tertiary/aromatic N) is 5. The second kappa shape index (κ2) is 8.40. The van der Waals surface area contributed by atoms with Crippen molar-refractivity contribution in [1.82, 2.24) is 30.2 Å². The van der Waals surface area contributed by atoms with E-state index in [1.54, 1.807) is 20.0 Å². The lowest BCUT2D eigenvalue weighted by Gasteiger charge is -2.23. The van der Waals surface area contributed by atoms with Crippen LogP contribution in [-0.4, -0.2) is 60.7 Å². The Hall–Kier alpha value is -2.37. The Morgan fingerprint density at radius 3 is 2.90 bits per heavy atom. The standard InChI is InChI=1S/C19H27N7O3S/c1-4-26-15-12(28-7-5-11-10-30-8-6-21-11)9-22-16(19(2,3)27)13(15)23-18(26)14-17(20)25-29-24-14/h9,11,21,27H,4-8,10H2,1-3H3,(H2,20,25). The predicted octanol–water partition coefficient (Wildman–Crippen LogP) is 1.78. The van der Waals surface area contributed by atoms with Crippen LogP contribution in [0.1, 0.15) is 32.9 Å². The number of pyridine rings is 1. The molecule has 1 fully saturated rings. The van der Waals surface area contributed by atoms with Gasteiger partial charge in [0.25, 0.3) is 0 Å². The molecule has 1 aliphatic heterocycles. The minimum absolute atomic E-state index is 0.154. The van der Waals surface area contributed by atoms with E-state index in [0.29, 0.717) is 47.7 Å². The van der Waals surface area contributed by atoms with Crippen LogP contribution in [0.2, 0.25) is 0 Å². The first-order chi connectivity index (χ1) is 14.4. The van der Waals surface area contributed by atoms with Crippen LogP contribution in [0.25, 0.3) is 22.6 Å². The summed E-state index contributed by atoms with van der Waals surface area (Å²) >= 11 is 1.96. The van der Waals surface area contributed by atoms with Crippen LogP contribution in [0.15, 0.2) is 10.8 Å². The number of ether oxygens (including phenoxy) is 1. The number of hydrogen-bond donors (Lipinski definition) is 3. The molecule has 0 spiro atoms. The van der Waals surface area contributed by atoms with Gasteiger partial charge in [0.15, 0.2) is 23.1 Å². The van der Waals surface area contributed by atoms with Crippen molar-refractivity contribution < 1.29 is 14.5 Å². The molecule has 0 aromatic carbocycles. The molecule has 0 amide bonds. The lowest BCUT2D eigenvalue weighted by molar-refractivity contribution is 0.0753. The zero-order valence-corrected chi connectivity index (χ0v) is 18.2. The zero-order valence-electron chi connectivity index (χ0n) is 17.4. The number of rotatable bonds is 7. The molecule has 4 N–H and O–H groups in total. The summed E-state index contributed by atoms with van der Waals surface area (Å²) in [4.78, 5) is 9.19. The summed E-state index contributed by atoms with van der Waals surface area (Å²) in [7, 11) is 0. The van der Waals surface area contributed by atoms with Crippen LogP contribution in [0.3, 0.4) is 0 Å². The number of aliphatic hydroxyl groups is 1. The van der Waals surface area contributed by atoms with Gasteiger partial charge < -0.3 is 25.5 Å². The second-order valence-electron chi connectivity index (χ2n) is 7.77. The van der Waals surface area contributed by atoms with Crippen LogP contribution in [0.4, 0.5) is 5.82 Å². The maximum Gasteiger partial charge on any atom is 0.199 e. The normalized spacial score (nSPS) is 17.5. The van der Waals surface area contributed by atoms with Gasteiger partial charge in [-0.3, -0.25) is 4.98 Å². The van der Waals surface area contributed by atoms with Crippen molar-refractivity contribution in [3.63, 3.8) is 0 Å². The van der Waals surface area contributed by atoms with E-state index in [4.69, 9.17) is 20.1 Å². The molecule has 4 heterocycles. The van der Waals surface area contributed by atoms with Gasteiger partial charge in [-0.2, -0.15) is 11.8 Å². The van der Waals surface area contributed by atoms with Gasteiger partial charge in [-0.05, 0) is 37.5 Å². The molecule has 30 heavy (non-hydrogen) atoms. The Balaban J connectivity index is 1.75. The molecule has 3 aromatic rings. The molecule has 10 nitrogen and oxygen atoms in total. The molecule has 0 saturated carbocycles. The van der Waals surface area contributed by atoms with Crippen LogP contribution in [0.5, 0.6) is 5.75 Å². The van der Waals surface area contributed by atoms with E-state index in [0.717, 1.165) is 30.0 Å². The first-order valence-electron chi connectivity index (χ1n) is 10.0. The summed E-state index contributed by atoms with van der Waals surface area (Å²) in [5.41, 5.74) is 6.83. The number of aromatic nitrogens is 5. The Morgan fingerprint density at radius 2 is 2.27 bits per heavy atom. The number of aryl methyl sites for hydroxylation is 1. The lowest BCUT2D eigenvalue weighted by atomic mass is 10.0. The Kier molecular flexibility index (Phi) is 5.85. The average molecular weight is 434 g/mol. The highest BCUT2D eigenvalue weighted by Gasteiger charge is 2.29. The molecule has 1 atom stereocenters. The SMILES string of the molecule is CCn1c(-c2nonc2N)nc2c(C(C)(C)O)ncc(OCCC3CSCCN3)c21. The maximum absolute atomic E-state index is 10.6. The van der Waals surface area contributed by atoms with Crippen molar-refractivity contribution in [3.05, 3.63) is 11.9 Å². The van der Waals surface area contributed by atoms with E-state index >= 15 is 0 Å². The second-order valence-corrected chi connectivity index (χ2v) is 8.92. The molecular formula is C19H27N7O3S. The van der Waals surface area contributed by atoms with Crippen LogP contribution in [0, 0.1) is 0 Å². The molecule has 1 aliphatic rings. The predicted molar refractivity (Wildman–Crippen MR) is 115 cm³/mol. The molecule has 0 radical (unpaired) electrons. The fourth-order valence-electron chi connectivity index (χ4n) is 3.62. The van der Waals surface area contributed by atoms with Gasteiger partial charge in [0.05, 0.1) is 18.5 Å². The molecule has 1 unspecified atom stereocenters. The summed E-state index contributed by atoms with van der Waals surface area (Å²) in [6, 6.07) is 0.440. The van der Waals surface area contributed by atoms with E-state index in [1.165, 1.54) is 0 Å². The van der Waals surface area contributed by atoms with Crippen molar-refractivity contribution in [2.24, 2.45) is 0 Å². The summed E-state index contributed by atoms with van der Waals surface area (Å²) in [6.45, 7) is 7.52. The molecule has 0 aliphatic carbocycles. The molecule has 11 heteroatoms. The largest absolute Gasteiger partial charge is 0.490 e. The Morgan fingerprint density at radius 1 is 1.43 bits per heavy atom. The fraction of sp³-hybridized carbons (Fsp3) is 0.579. The molecule has 1 saturated heterocycles. The third-order valence-corrected chi connectivity index (χ3v) is 6.21. The Bertz CT molecular complexity index is 1020. The first-order valence-corrected chi connectivity index (χ1v) is 11.2. The summed E-state index contributed by atoms with van der Waals surface area (Å²) in [5.74, 6) is 3.50. The Labute approximate surface area is 178 Å². The van der Waals surface area contributed by atoms with Crippen molar-refractivity contribution in [2.45, 2.75) is 45.4 Å². The minimum Gasteiger partial charge on any atom is -0.490 e. The van der Waals surface area contributed by atoms with Gasteiger partial charge in [0.2, 0.25) is 0 Å². The van der Waals surface area contributed by atoms with Crippen molar-refractivity contribution in [3.8, 4) is 17.3 Å². The van der Waals surface area contributed by atoms with Gasteiger partial charge >= 0.3 is 0 Å². The van der Waals surface area contributed by atoms with E-state index < -0.39 is 5.60 Å². The maximum atomic E-state index is 10.6. The van der Waals surface area contributed by atoms with Crippen molar-refractivity contribution in [2.75, 3.05) is 30.4 Å². The highest BCUT2D eigenvalue weighted by molar-refractivity contribution is 7.99. The van der Waals surface area contributed by atoms with Gasteiger partial charge in [0, 0.05) is 30.6 Å². The summed E-state index contributed by atoms with van der Waals surface area (Å²) < 4.78 is 12.9. The summed E-state index contributed by atoms with van der Waals surface area (Å²) in [6.07, 6.45) is 2.55. The van der Waals surface area contributed by atoms with Crippen LogP contribution < -0.4 is 15.8 Å². The molecule has 0 bridgehead atoms. The number of hydrogen-bond acceptors (Lipinski definition) is 10. The number of anilines is 1. The van der Waals surface area contributed by atoms with E-state index in [2.05, 4.69) is 20.6 Å². The van der Waals surface area contributed by atoms with E-state index in [1.807, 2.05) is 23.3 Å². The number of nitrogen functional groups attached to an aromatic ring is 1. The third-order valence-electron chi connectivity index (χ3n) is 5.08.